The van der Waals surface area contributed by atoms with Crippen molar-refractivity contribution < 1.29 is 0 Å². The van der Waals surface area contributed by atoms with E-state index in [1.807, 2.05) is 18.5 Å². The van der Waals surface area contributed by atoms with E-state index in [9.17, 15) is 0 Å². The highest BCUT2D eigenvalue weighted by molar-refractivity contribution is 5.47. The van der Waals surface area contributed by atoms with Crippen LogP contribution in [0.1, 0.15) is 32.3 Å². The molecule has 2 nitrogen and oxygen atoms in total. The lowest BCUT2D eigenvalue weighted by Gasteiger charge is -2.13. The van der Waals surface area contributed by atoms with E-state index >= 15 is 0 Å². The van der Waals surface area contributed by atoms with Crippen LogP contribution in [0.3, 0.4) is 0 Å². The van der Waals surface area contributed by atoms with Crippen molar-refractivity contribution in [3.8, 4) is 0 Å². The predicted octanol–water partition coefficient (Wildman–Crippen LogP) is 3.24. The highest BCUT2D eigenvalue weighted by Crippen LogP contribution is 2.13. The van der Waals surface area contributed by atoms with E-state index in [4.69, 9.17) is 0 Å². The molecular formula is C12H20N2. The fourth-order valence-electron chi connectivity index (χ4n) is 1.53. The molecule has 0 aliphatic heterocycles. The molecule has 0 radical (unpaired) electrons. The Balaban J connectivity index is 2.41. The minimum absolute atomic E-state index is 0.736. The van der Waals surface area contributed by atoms with Crippen LogP contribution in [0.15, 0.2) is 18.5 Å². The van der Waals surface area contributed by atoms with Crippen molar-refractivity contribution in [2.24, 2.45) is 5.92 Å². The van der Waals surface area contributed by atoms with Gasteiger partial charge in [-0.25, -0.2) is 0 Å². The van der Waals surface area contributed by atoms with Crippen LogP contribution in [-0.4, -0.2) is 11.5 Å². The van der Waals surface area contributed by atoms with E-state index in [0.29, 0.717) is 0 Å². The maximum absolute atomic E-state index is 4.11. The molecule has 1 rings (SSSR count). The van der Waals surface area contributed by atoms with Gasteiger partial charge in [0.15, 0.2) is 0 Å². The number of rotatable bonds is 5. The van der Waals surface area contributed by atoms with Crippen molar-refractivity contribution in [1.29, 1.82) is 0 Å². The van der Waals surface area contributed by atoms with Crippen LogP contribution in [0, 0.1) is 12.8 Å². The van der Waals surface area contributed by atoms with E-state index in [-0.39, 0.29) is 0 Å². The quantitative estimate of drug-likeness (QED) is 0.774. The molecule has 0 aliphatic rings. The zero-order chi connectivity index (χ0) is 10.4. The first kappa shape index (κ1) is 11.0. The topological polar surface area (TPSA) is 24.9 Å². The molecule has 14 heavy (non-hydrogen) atoms. The van der Waals surface area contributed by atoms with Gasteiger partial charge in [0.2, 0.25) is 0 Å². The standard InChI is InChI=1S/C12H20N2/c1-4-5-10(2)8-14-12-9-13-7-6-11(12)3/h6-7,9-10,14H,4-5,8H2,1-3H3/t10-/m1/s1. The summed E-state index contributed by atoms with van der Waals surface area (Å²) < 4.78 is 0. The summed E-state index contributed by atoms with van der Waals surface area (Å²) in [6, 6.07) is 2.03. The molecular weight excluding hydrogens is 172 g/mol. The number of nitrogens with one attached hydrogen (secondary N) is 1. The van der Waals surface area contributed by atoms with Crippen molar-refractivity contribution in [2.45, 2.75) is 33.6 Å². The zero-order valence-electron chi connectivity index (χ0n) is 9.38. The number of nitrogens with zero attached hydrogens (tertiary/aromatic N) is 1. The van der Waals surface area contributed by atoms with E-state index in [0.717, 1.165) is 18.2 Å². The second-order valence-corrected chi connectivity index (χ2v) is 3.97. The average molecular weight is 192 g/mol. The van der Waals surface area contributed by atoms with Crippen LogP contribution in [0.4, 0.5) is 5.69 Å². The number of aromatic nitrogens is 1. The Kier molecular flexibility index (Phi) is 4.44. The lowest BCUT2D eigenvalue weighted by atomic mass is 10.1. The van der Waals surface area contributed by atoms with E-state index in [1.165, 1.54) is 18.4 Å². The van der Waals surface area contributed by atoms with Gasteiger partial charge in [-0.15, -0.1) is 0 Å². The minimum Gasteiger partial charge on any atom is -0.383 e. The molecule has 0 spiro atoms. The Labute approximate surface area is 86.8 Å². The van der Waals surface area contributed by atoms with Gasteiger partial charge in [0, 0.05) is 12.7 Å². The fourth-order valence-corrected chi connectivity index (χ4v) is 1.53. The lowest BCUT2D eigenvalue weighted by molar-refractivity contribution is 0.550. The molecule has 1 N–H and O–H groups in total. The van der Waals surface area contributed by atoms with Gasteiger partial charge < -0.3 is 5.32 Å². The molecule has 0 aromatic carbocycles. The number of anilines is 1. The Morgan fingerprint density at radius 1 is 1.50 bits per heavy atom. The lowest BCUT2D eigenvalue weighted by Crippen LogP contribution is -2.11. The molecule has 0 unspecified atom stereocenters. The Morgan fingerprint density at radius 3 is 2.93 bits per heavy atom. The van der Waals surface area contributed by atoms with Crippen LogP contribution in [0.5, 0.6) is 0 Å². The Bertz CT molecular complexity index is 271. The Hall–Kier alpha value is -1.05. The number of hydrogen-bond acceptors (Lipinski definition) is 2. The summed E-state index contributed by atoms with van der Waals surface area (Å²) >= 11 is 0. The predicted molar refractivity (Wildman–Crippen MR) is 61.5 cm³/mol. The first-order valence-electron chi connectivity index (χ1n) is 5.38. The Morgan fingerprint density at radius 2 is 2.29 bits per heavy atom. The van der Waals surface area contributed by atoms with Crippen LogP contribution in [0.2, 0.25) is 0 Å². The van der Waals surface area contributed by atoms with Gasteiger partial charge in [-0.1, -0.05) is 20.3 Å². The summed E-state index contributed by atoms with van der Waals surface area (Å²) in [5.41, 5.74) is 2.43. The molecule has 1 heterocycles. The second-order valence-electron chi connectivity index (χ2n) is 3.97. The van der Waals surface area contributed by atoms with Gasteiger partial charge in [0.1, 0.15) is 0 Å². The number of aryl methyl sites for hydroxylation is 1. The van der Waals surface area contributed by atoms with Crippen molar-refractivity contribution in [2.75, 3.05) is 11.9 Å². The summed E-state index contributed by atoms with van der Waals surface area (Å²) in [4.78, 5) is 4.11. The molecule has 1 aromatic rings. The van der Waals surface area contributed by atoms with Crippen LogP contribution in [0.25, 0.3) is 0 Å². The second kappa shape index (κ2) is 5.63. The molecule has 0 saturated carbocycles. The molecule has 0 bridgehead atoms. The molecule has 1 atom stereocenters. The smallest absolute Gasteiger partial charge is 0.0556 e. The minimum atomic E-state index is 0.736. The van der Waals surface area contributed by atoms with Crippen molar-refractivity contribution in [3.63, 3.8) is 0 Å². The van der Waals surface area contributed by atoms with Gasteiger partial charge in [-0.3, -0.25) is 4.98 Å². The van der Waals surface area contributed by atoms with E-state index in [1.54, 1.807) is 0 Å². The number of pyridine rings is 1. The summed E-state index contributed by atoms with van der Waals surface area (Å²) in [7, 11) is 0. The highest BCUT2D eigenvalue weighted by atomic mass is 14.9. The van der Waals surface area contributed by atoms with Gasteiger partial charge >= 0.3 is 0 Å². The van der Waals surface area contributed by atoms with Gasteiger partial charge in [-0.2, -0.15) is 0 Å². The van der Waals surface area contributed by atoms with Crippen molar-refractivity contribution in [1.82, 2.24) is 4.98 Å². The van der Waals surface area contributed by atoms with Gasteiger partial charge in [-0.05, 0) is 30.9 Å². The average Bonchev–Trinajstić information content (AvgIpc) is 2.17. The van der Waals surface area contributed by atoms with Crippen LogP contribution in [-0.2, 0) is 0 Å². The summed E-state index contributed by atoms with van der Waals surface area (Å²) in [6.07, 6.45) is 6.27. The molecule has 0 amide bonds. The number of hydrogen-bond donors (Lipinski definition) is 1. The fraction of sp³-hybridized carbons (Fsp3) is 0.583. The normalized spacial score (nSPS) is 12.5. The van der Waals surface area contributed by atoms with Gasteiger partial charge in [0.05, 0.1) is 11.9 Å². The maximum Gasteiger partial charge on any atom is 0.0556 e. The first-order valence-corrected chi connectivity index (χ1v) is 5.38. The maximum atomic E-state index is 4.11. The molecule has 78 valence electrons. The summed E-state index contributed by atoms with van der Waals surface area (Å²) in [5, 5.41) is 3.44. The van der Waals surface area contributed by atoms with Crippen molar-refractivity contribution >= 4 is 5.69 Å². The SMILES string of the molecule is CCC[C@@H](C)CNc1cnccc1C. The first-order chi connectivity index (χ1) is 6.74. The third-order valence-electron chi connectivity index (χ3n) is 2.46. The molecule has 1 aromatic heterocycles. The van der Waals surface area contributed by atoms with Gasteiger partial charge in [0.25, 0.3) is 0 Å². The summed E-state index contributed by atoms with van der Waals surface area (Å²) in [5.74, 6) is 0.736. The van der Waals surface area contributed by atoms with E-state index in [2.05, 4.69) is 31.1 Å². The van der Waals surface area contributed by atoms with Crippen molar-refractivity contribution in [3.05, 3.63) is 24.0 Å². The summed E-state index contributed by atoms with van der Waals surface area (Å²) in [6.45, 7) is 7.66. The van der Waals surface area contributed by atoms with Crippen LogP contribution >= 0.6 is 0 Å². The molecule has 2 heteroatoms. The highest BCUT2D eigenvalue weighted by Gasteiger charge is 2.01. The van der Waals surface area contributed by atoms with Crippen LogP contribution < -0.4 is 5.32 Å². The van der Waals surface area contributed by atoms with E-state index < -0.39 is 0 Å². The molecule has 0 aliphatic carbocycles. The third kappa shape index (κ3) is 3.36. The monoisotopic (exact) mass is 192 g/mol. The molecule has 0 fully saturated rings. The largest absolute Gasteiger partial charge is 0.383 e. The third-order valence-corrected chi connectivity index (χ3v) is 2.46. The zero-order valence-corrected chi connectivity index (χ0v) is 9.38. The molecule has 0 saturated heterocycles.